The van der Waals surface area contributed by atoms with Crippen LogP contribution in [0.4, 0.5) is 0 Å². The Morgan fingerprint density at radius 2 is 2.21 bits per heavy atom. The molecule has 3 rings (SSSR count). The molecule has 0 spiro atoms. The van der Waals surface area contributed by atoms with E-state index in [9.17, 15) is 0 Å². The molecule has 0 N–H and O–H groups in total. The summed E-state index contributed by atoms with van der Waals surface area (Å²) in [6, 6.07) is 10.6. The first-order valence-electron chi connectivity index (χ1n) is 6.90. The molecule has 0 bridgehead atoms. The van der Waals surface area contributed by atoms with E-state index < -0.39 is 0 Å². The quantitative estimate of drug-likeness (QED) is 0.795. The Hall–Kier alpha value is -1.12. The lowest BCUT2D eigenvalue weighted by atomic mass is 10.1. The van der Waals surface area contributed by atoms with Crippen molar-refractivity contribution in [3.63, 3.8) is 0 Å². The average molecular weight is 275 g/mol. The maximum absolute atomic E-state index is 5.96. The second-order valence-electron chi connectivity index (χ2n) is 5.48. The predicted molar refractivity (Wildman–Crippen MR) is 80.6 cm³/mol. The zero-order valence-corrected chi connectivity index (χ0v) is 12.0. The third-order valence-corrected chi connectivity index (χ3v) is 4.35. The molecule has 1 aliphatic rings. The van der Waals surface area contributed by atoms with Crippen LogP contribution in [0.25, 0.3) is 10.9 Å². The van der Waals surface area contributed by atoms with Crippen molar-refractivity contribution in [1.29, 1.82) is 0 Å². The molecule has 1 aromatic carbocycles. The number of rotatable bonds is 3. The van der Waals surface area contributed by atoms with Gasteiger partial charge < -0.3 is 0 Å². The smallest absolute Gasteiger partial charge is 0.0708 e. The van der Waals surface area contributed by atoms with Gasteiger partial charge in [-0.25, -0.2) is 0 Å². The van der Waals surface area contributed by atoms with Gasteiger partial charge >= 0.3 is 0 Å². The maximum atomic E-state index is 5.96. The van der Waals surface area contributed by atoms with Gasteiger partial charge in [0.15, 0.2) is 0 Å². The van der Waals surface area contributed by atoms with Crippen molar-refractivity contribution >= 4 is 22.5 Å². The number of nitrogens with zero attached hydrogens (tertiary/aromatic N) is 2. The normalized spacial score (nSPS) is 20.2. The van der Waals surface area contributed by atoms with Crippen LogP contribution in [0.3, 0.4) is 0 Å². The van der Waals surface area contributed by atoms with Crippen molar-refractivity contribution in [2.24, 2.45) is 5.92 Å². The second kappa shape index (κ2) is 5.48. The van der Waals surface area contributed by atoms with Gasteiger partial charge in [-0.15, -0.1) is 11.6 Å². The summed E-state index contributed by atoms with van der Waals surface area (Å²) >= 11 is 5.96. The molecule has 1 aliphatic heterocycles. The summed E-state index contributed by atoms with van der Waals surface area (Å²) in [7, 11) is 0. The fourth-order valence-corrected chi connectivity index (χ4v) is 3.20. The molecular formula is C16H19ClN2. The highest BCUT2D eigenvalue weighted by Gasteiger charge is 2.22. The zero-order chi connectivity index (χ0) is 13.2. The van der Waals surface area contributed by atoms with Gasteiger partial charge in [-0.1, -0.05) is 18.2 Å². The first-order valence-corrected chi connectivity index (χ1v) is 7.43. The molecule has 0 saturated carbocycles. The molecule has 0 aliphatic carbocycles. The van der Waals surface area contributed by atoms with Crippen molar-refractivity contribution in [1.82, 2.24) is 9.88 Å². The summed E-state index contributed by atoms with van der Waals surface area (Å²) < 4.78 is 0. The predicted octanol–water partition coefficient (Wildman–Crippen LogP) is 3.60. The third-order valence-electron chi connectivity index (χ3n) is 3.91. The number of benzene rings is 1. The SMILES string of the molecule is Cc1cc(CN2CCC(CCl)C2)c2ccccc2n1. The van der Waals surface area contributed by atoms with E-state index in [0.29, 0.717) is 5.92 Å². The van der Waals surface area contributed by atoms with Gasteiger partial charge in [0, 0.05) is 30.0 Å². The number of fused-ring (bicyclic) bond motifs is 1. The number of alkyl halides is 1. The Morgan fingerprint density at radius 1 is 1.37 bits per heavy atom. The van der Waals surface area contributed by atoms with Gasteiger partial charge in [0.25, 0.3) is 0 Å². The van der Waals surface area contributed by atoms with Gasteiger partial charge in [-0.3, -0.25) is 9.88 Å². The Kier molecular flexibility index (Phi) is 3.72. The van der Waals surface area contributed by atoms with E-state index in [2.05, 4.69) is 47.1 Å². The summed E-state index contributed by atoms with van der Waals surface area (Å²) in [5, 5.41) is 1.28. The fourth-order valence-electron chi connectivity index (χ4n) is 2.95. The number of pyridine rings is 1. The number of aryl methyl sites for hydroxylation is 1. The van der Waals surface area contributed by atoms with Crippen molar-refractivity contribution in [2.45, 2.75) is 19.9 Å². The minimum Gasteiger partial charge on any atom is -0.299 e. The average Bonchev–Trinajstić information content (AvgIpc) is 2.86. The molecule has 2 aromatic rings. The summed E-state index contributed by atoms with van der Waals surface area (Å²) in [5.74, 6) is 1.45. The van der Waals surface area contributed by atoms with Crippen LogP contribution in [-0.4, -0.2) is 28.9 Å². The Labute approximate surface area is 119 Å². The molecule has 1 aromatic heterocycles. The molecular weight excluding hydrogens is 256 g/mol. The Bertz CT molecular complexity index is 582. The molecule has 1 atom stereocenters. The molecule has 2 heterocycles. The van der Waals surface area contributed by atoms with Crippen LogP contribution in [0.5, 0.6) is 0 Å². The maximum Gasteiger partial charge on any atom is 0.0708 e. The Morgan fingerprint density at radius 3 is 3.00 bits per heavy atom. The number of hydrogen-bond acceptors (Lipinski definition) is 2. The van der Waals surface area contributed by atoms with Gasteiger partial charge in [0.1, 0.15) is 0 Å². The lowest BCUT2D eigenvalue weighted by Gasteiger charge is -2.17. The van der Waals surface area contributed by atoms with Gasteiger partial charge in [0.2, 0.25) is 0 Å². The highest BCUT2D eigenvalue weighted by molar-refractivity contribution is 6.18. The van der Waals surface area contributed by atoms with Crippen LogP contribution in [0.15, 0.2) is 30.3 Å². The topological polar surface area (TPSA) is 16.1 Å². The van der Waals surface area contributed by atoms with Crippen LogP contribution >= 0.6 is 11.6 Å². The third kappa shape index (κ3) is 2.75. The summed E-state index contributed by atoms with van der Waals surface area (Å²) in [6.07, 6.45) is 1.23. The van der Waals surface area contributed by atoms with Gasteiger partial charge in [-0.2, -0.15) is 0 Å². The van der Waals surface area contributed by atoms with Crippen LogP contribution in [0, 0.1) is 12.8 Å². The van der Waals surface area contributed by atoms with E-state index in [4.69, 9.17) is 11.6 Å². The molecule has 0 radical (unpaired) electrons. The van der Waals surface area contributed by atoms with Crippen molar-refractivity contribution in [2.75, 3.05) is 19.0 Å². The molecule has 2 nitrogen and oxygen atoms in total. The van der Waals surface area contributed by atoms with Crippen LogP contribution < -0.4 is 0 Å². The lowest BCUT2D eigenvalue weighted by Crippen LogP contribution is -2.20. The molecule has 1 unspecified atom stereocenters. The van der Waals surface area contributed by atoms with E-state index in [0.717, 1.165) is 36.7 Å². The molecule has 0 amide bonds. The highest BCUT2D eigenvalue weighted by atomic mass is 35.5. The van der Waals surface area contributed by atoms with Gasteiger partial charge in [0.05, 0.1) is 5.52 Å². The molecule has 100 valence electrons. The van der Waals surface area contributed by atoms with E-state index in [-0.39, 0.29) is 0 Å². The summed E-state index contributed by atoms with van der Waals surface area (Å²) in [4.78, 5) is 7.11. The van der Waals surface area contributed by atoms with Crippen LogP contribution in [0.2, 0.25) is 0 Å². The first-order chi connectivity index (χ1) is 9.26. The minimum atomic E-state index is 0.663. The standard InChI is InChI=1S/C16H19ClN2/c1-12-8-14(11-19-7-6-13(9-17)10-19)15-4-2-3-5-16(15)18-12/h2-5,8,13H,6-7,9-11H2,1H3. The second-order valence-corrected chi connectivity index (χ2v) is 5.79. The van der Waals surface area contributed by atoms with Crippen LogP contribution in [-0.2, 0) is 6.54 Å². The van der Waals surface area contributed by atoms with Crippen LogP contribution in [0.1, 0.15) is 17.7 Å². The fraction of sp³-hybridized carbons (Fsp3) is 0.438. The molecule has 19 heavy (non-hydrogen) atoms. The number of likely N-dealkylation sites (tertiary alicyclic amines) is 1. The van der Waals surface area contributed by atoms with Gasteiger partial charge in [-0.05, 0) is 43.5 Å². The first kappa shape index (κ1) is 12.9. The van der Waals surface area contributed by atoms with E-state index in [1.807, 2.05) is 0 Å². The number of hydrogen-bond donors (Lipinski definition) is 0. The van der Waals surface area contributed by atoms with Crippen molar-refractivity contribution in [3.05, 3.63) is 41.6 Å². The minimum absolute atomic E-state index is 0.663. The Balaban J connectivity index is 1.88. The monoisotopic (exact) mass is 274 g/mol. The molecule has 3 heteroatoms. The number of para-hydroxylation sites is 1. The number of halogens is 1. The summed E-state index contributed by atoms with van der Waals surface area (Å²) in [6.45, 7) is 5.37. The molecule has 1 saturated heterocycles. The lowest BCUT2D eigenvalue weighted by molar-refractivity contribution is 0.322. The van der Waals surface area contributed by atoms with E-state index in [1.54, 1.807) is 0 Å². The zero-order valence-electron chi connectivity index (χ0n) is 11.3. The molecule has 1 fully saturated rings. The van der Waals surface area contributed by atoms with E-state index in [1.165, 1.54) is 17.4 Å². The largest absolute Gasteiger partial charge is 0.299 e. The highest BCUT2D eigenvalue weighted by Crippen LogP contribution is 2.24. The van der Waals surface area contributed by atoms with E-state index >= 15 is 0 Å². The summed E-state index contributed by atoms with van der Waals surface area (Å²) in [5.41, 5.74) is 3.59. The van der Waals surface area contributed by atoms with Crippen molar-refractivity contribution < 1.29 is 0 Å². The van der Waals surface area contributed by atoms with Crippen molar-refractivity contribution in [3.8, 4) is 0 Å². The number of aromatic nitrogens is 1.